The van der Waals surface area contributed by atoms with Gasteiger partial charge in [-0.1, -0.05) is 30.3 Å². The molecule has 0 amide bonds. The van der Waals surface area contributed by atoms with E-state index in [1.807, 2.05) is 68.4 Å². The fourth-order valence-electron chi connectivity index (χ4n) is 2.33. The van der Waals surface area contributed by atoms with Crippen LogP contribution in [0.5, 0.6) is 5.75 Å². The van der Waals surface area contributed by atoms with Gasteiger partial charge in [0.2, 0.25) is 11.8 Å². The molecule has 1 N–H and O–H groups in total. The molecule has 5 heteroatoms. The topological polar surface area (TPSA) is 60.2 Å². The van der Waals surface area contributed by atoms with Crippen LogP contribution in [0.3, 0.4) is 0 Å². The van der Waals surface area contributed by atoms with Gasteiger partial charge in [-0.15, -0.1) is 10.2 Å². The first-order valence-corrected chi connectivity index (χ1v) is 8.10. The summed E-state index contributed by atoms with van der Waals surface area (Å²) in [5, 5.41) is 11.6. The van der Waals surface area contributed by atoms with E-state index in [9.17, 15) is 0 Å². The molecule has 2 aromatic carbocycles. The van der Waals surface area contributed by atoms with E-state index in [0.29, 0.717) is 24.7 Å². The normalized spacial score (nSPS) is 10.8. The Bertz CT molecular complexity index is 769. The van der Waals surface area contributed by atoms with Crippen LogP contribution >= 0.6 is 0 Å². The average Bonchev–Trinajstić information content (AvgIpc) is 3.06. The molecule has 0 spiro atoms. The maximum Gasteiger partial charge on any atom is 0.247 e. The molecule has 24 heavy (non-hydrogen) atoms. The number of nitrogens with one attached hydrogen (secondary N) is 1. The van der Waals surface area contributed by atoms with Crippen LogP contribution in [-0.4, -0.2) is 22.8 Å². The van der Waals surface area contributed by atoms with Crippen molar-refractivity contribution in [3.8, 4) is 17.2 Å². The molecule has 1 heterocycles. The highest BCUT2D eigenvalue weighted by Gasteiger charge is 2.09. The predicted molar refractivity (Wildman–Crippen MR) is 94.1 cm³/mol. The molecule has 0 saturated heterocycles. The van der Waals surface area contributed by atoms with Crippen molar-refractivity contribution < 1.29 is 9.15 Å². The van der Waals surface area contributed by atoms with Gasteiger partial charge in [0, 0.05) is 18.5 Å². The van der Waals surface area contributed by atoms with Gasteiger partial charge < -0.3 is 14.5 Å². The quantitative estimate of drug-likeness (QED) is 0.707. The summed E-state index contributed by atoms with van der Waals surface area (Å²) in [7, 11) is 0. The summed E-state index contributed by atoms with van der Waals surface area (Å²) < 4.78 is 11.5. The molecule has 124 valence electrons. The summed E-state index contributed by atoms with van der Waals surface area (Å²) in [4.78, 5) is 0. The zero-order valence-electron chi connectivity index (χ0n) is 13.9. The van der Waals surface area contributed by atoms with Crippen LogP contribution in [-0.2, 0) is 6.42 Å². The Morgan fingerprint density at radius 3 is 2.54 bits per heavy atom. The minimum Gasteiger partial charge on any atom is -0.489 e. The Kier molecular flexibility index (Phi) is 5.11. The van der Waals surface area contributed by atoms with Crippen molar-refractivity contribution in [2.45, 2.75) is 26.4 Å². The van der Waals surface area contributed by atoms with Gasteiger partial charge in [0.1, 0.15) is 5.75 Å². The highest BCUT2D eigenvalue weighted by Crippen LogP contribution is 2.25. The van der Waals surface area contributed by atoms with Gasteiger partial charge in [0.15, 0.2) is 0 Å². The molecule has 0 saturated carbocycles. The Morgan fingerprint density at radius 1 is 1.00 bits per heavy atom. The maximum absolute atomic E-state index is 5.80. The Balaban J connectivity index is 1.59. The molecular weight excluding hydrogens is 302 g/mol. The molecular formula is C19H21N3O2. The van der Waals surface area contributed by atoms with E-state index in [1.54, 1.807) is 0 Å². The highest BCUT2D eigenvalue weighted by molar-refractivity contribution is 5.56. The molecule has 0 fully saturated rings. The van der Waals surface area contributed by atoms with Crippen molar-refractivity contribution in [3.63, 3.8) is 0 Å². The highest BCUT2D eigenvalue weighted by atomic mass is 16.5. The van der Waals surface area contributed by atoms with Gasteiger partial charge in [-0.3, -0.25) is 0 Å². The van der Waals surface area contributed by atoms with Crippen molar-refractivity contribution >= 4 is 5.69 Å². The van der Waals surface area contributed by atoms with E-state index in [2.05, 4.69) is 15.5 Å². The number of para-hydroxylation sites is 2. The molecule has 0 aliphatic carbocycles. The SMILES string of the molecule is CC(C)Oc1ccccc1NCCc1nnc(-c2ccccc2)o1. The molecule has 0 atom stereocenters. The summed E-state index contributed by atoms with van der Waals surface area (Å²) in [6.45, 7) is 4.72. The molecule has 0 aliphatic heterocycles. The zero-order valence-corrected chi connectivity index (χ0v) is 13.9. The van der Waals surface area contributed by atoms with Crippen LogP contribution < -0.4 is 10.1 Å². The van der Waals surface area contributed by atoms with E-state index in [4.69, 9.17) is 9.15 Å². The van der Waals surface area contributed by atoms with Crippen LogP contribution in [0.25, 0.3) is 11.5 Å². The van der Waals surface area contributed by atoms with E-state index in [0.717, 1.165) is 17.0 Å². The third-order valence-electron chi connectivity index (χ3n) is 3.39. The number of hydrogen-bond donors (Lipinski definition) is 1. The molecule has 5 nitrogen and oxygen atoms in total. The maximum atomic E-state index is 5.80. The number of nitrogens with zero attached hydrogens (tertiary/aromatic N) is 2. The summed E-state index contributed by atoms with van der Waals surface area (Å²) >= 11 is 0. The lowest BCUT2D eigenvalue weighted by molar-refractivity contribution is 0.243. The molecule has 0 unspecified atom stereocenters. The molecule has 0 bridgehead atoms. The Labute approximate surface area is 141 Å². The first-order valence-electron chi connectivity index (χ1n) is 8.10. The summed E-state index contributed by atoms with van der Waals surface area (Å²) in [6, 6.07) is 17.7. The lowest BCUT2D eigenvalue weighted by Crippen LogP contribution is -2.10. The van der Waals surface area contributed by atoms with Gasteiger partial charge >= 0.3 is 0 Å². The fraction of sp³-hybridized carbons (Fsp3) is 0.263. The number of anilines is 1. The van der Waals surface area contributed by atoms with Gasteiger partial charge in [-0.2, -0.15) is 0 Å². The van der Waals surface area contributed by atoms with Gasteiger partial charge in [0.25, 0.3) is 0 Å². The van der Waals surface area contributed by atoms with Gasteiger partial charge in [-0.05, 0) is 38.1 Å². The minimum absolute atomic E-state index is 0.136. The number of rotatable bonds is 7. The zero-order chi connectivity index (χ0) is 16.8. The number of hydrogen-bond acceptors (Lipinski definition) is 5. The van der Waals surface area contributed by atoms with Crippen molar-refractivity contribution in [1.82, 2.24) is 10.2 Å². The fourth-order valence-corrected chi connectivity index (χ4v) is 2.33. The second kappa shape index (κ2) is 7.64. The van der Waals surface area contributed by atoms with Crippen LogP contribution in [0, 0.1) is 0 Å². The van der Waals surface area contributed by atoms with E-state index < -0.39 is 0 Å². The van der Waals surface area contributed by atoms with Crippen molar-refractivity contribution in [2.75, 3.05) is 11.9 Å². The summed E-state index contributed by atoms with van der Waals surface area (Å²) in [6.07, 6.45) is 0.785. The molecule has 0 radical (unpaired) electrons. The number of aromatic nitrogens is 2. The Morgan fingerprint density at radius 2 is 1.75 bits per heavy atom. The molecule has 3 rings (SSSR count). The number of benzene rings is 2. The smallest absolute Gasteiger partial charge is 0.247 e. The van der Waals surface area contributed by atoms with Crippen molar-refractivity contribution in [3.05, 3.63) is 60.5 Å². The first kappa shape index (κ1) is 16.1. The third kappa shape index (κ3) is 4.13. The van der Waals surface area contributed by atoms with E-state index >= 15 is 0 Å². The molecule has 1 aromatic heterocycles. The summed E-state index contributed by atoms with van der Waals surface area (Å²) in [5.41, 5.74) is 1.90. The summed E-state index contributed by atoms with van der Waals surface area (Å²) in [5.74, 6) is 2.01. The first-order chi connectivity index (χ1) is 11.7. The standard InChI is InChI=1S/C19H21N3O2/c1-14(2)23-17-11-7-6-10-16(17)20-13-12-18-21-22-19(24-18)15-8-4-3-5-9-15/h3-11,14,20H,12-13H2,1-2H3. The lowest BCUT2D eigenvalue weighted by atomic mass is 10.2. The second-order valence-corrected chi connectivity index (χ2v) is 5.71. The lowest BCUT2D eigenvalue weighted by Gasteiger charge is -2.14. The van der Waals surface area contributed by atoms with Gasteiger partial charge in [0.05, 0.1) is 11.8 Å². The second-order valence-electron chi connectivity index (χ2n) is 5.71. The van der Waals surface area contributed by atoms with Crippen LogP contribution in [0.4, 0.5) is 5.69 Å². The largest absolute Gasteiger partial charge is 0.489 e. The minimum atomic E-state index is 0.136. The monoisotopic (exact) mass is 323 g/mol. The van der Waals surface area contributed by atoms with Crippen LogP contribution in [0.15, 0.2) is 59.0 Å². The Hall–Kier alpha value is -2.82. The number of ether oxygens (including phenoxy) is 1. The average molecular weight is 323 g/mol. The van der Waals surface area contributed by atoms with Crippen molar-refractivity contribution in [1.29, 1.82) is 0 Å². The van der Waals surface area contributed by atoms with Crippen LogP contribution in [0.1, 0.15) is 19.7 Å². The molecule has 3 aromatic rings. The van der Waals surface area contributed by atoms with E-state index in [-0.39, 0.29) is 6.10 Å². The molecule has 0 aliphatic rings. The van der Waals surface area contributed by atoms with Crippen molar-refractivity contribution in [2.24, 2.45) is 0 Å². The third-order valence-corrected chi connectivity index (χ3v) is 3.39. The van der Waals surface area contributed by atoms with Gasteiger partial charge in [-0.25, -0.2) is 0 Å². The van der Waals surface area contributed by atoms with E-state index in [1.165, 1.54) is 0 Å². The predicted octanol–water partition coefficient (Wildman–Crippen LogP) is 4.18. The van der Waals surface area contributed by atoms with Crippen LogP contribution in [0.2, 0.25) is 0 Å².